The number of hydrogen-bond acceptors (Lipinski definition) is 6. The monoisotopic (exact) mass is 1150 g/mol. The molecular weight excluding hydrogens is 1120 g/mol. The molecule has 0 amide bonds. The molecule has 8 rings (SSSR count). The van der Waals surface area contributed by atoms with Crippen LogP contribution in [0.2, 0.25) is 0 Å². The maximum Gasteiger partial charge on any atom is 0.335 e. The Labute approximate surface area is 457 Å². The number of hydrogen-bond donors (Lipinski definition) is 6. The van der Waals surface area contributed by atoms with Crippen molar-refractivity contribution in [2.45, 2.75) is 0 Å². The molecule has 8 aromatic rings. The SMILES string of the molecule is O.O=C(O)c1ccc(-c2cc(-c3ccc(C(=O)O)cc3)cc(-c3ccc(C(=O)O)cc3)c2)cc1.O=C(O)c1ccc(-c2cc(-c3ccc(C(=O)O)cc3)cc(-c3ccc(C(=O)O)cc3)c2)cc1.[Zn].[Zn].[Zn].[Zn]. The number of carboxylic acid groups (broad SMARTS) is 6. The van der Waals surface area contributed by atoms with Crippen molar-refractivity contribution in [3.63, 3.8) is 0 Å². The summed E-state index contributed by atoms with van der Waals surface area (Å²) in [5.41, 5.74) is 11.0. The van der Waals surface area contributed by atoms with Crippen molar-refractivity contribution in [3.05, 3.63) is 215 Å². The molecule has 0 aromatic heterocycles. The summed E-state index contributed by atoms with van der Waals surface area (Å²) in [6.07, 6.45) is 0. The van der Waals surface area contributed by atoms with E-state index < -0.39 is 35.8 Å². The van der Waals surface area contributed by atoms with E-state index in [1.165, 1.54) is 72.8 Å². The zero-order chi connectivity index (χ0) is 47.1. The first-order valence-corrected chi connectivity index (χ1v) is 20.0. The van der Waals surface area contributed by atoms with Gasteiger partial charge in [-0.25, -0.2) is 28.8 Å². The van der Waals surface area contributed by atoms with Crippen molar-refractivity contribution in [1.29, 1.82) is 0 Å². The minimum atomic E-state index is -1.01. The third kappa shape index (κ3) is 15.0. The van der Waals surface area contributed by atoms with Crippen LogP contribution in [-0.4, -0.2) is 71.9 Å². The Hall–Kier alpha value is -6.97. The number of carboxylic acids is 6. The average molecular weight is 1160 g/mol. The standard InChI is InChI=1S/2C27H18O6.H2O.4Zn/c2*28-25(29)19-7-1-16(2-8-19)22-13-23(17-3-9-20(10-4-17)26(30)31)15-24(14-22)18-5-11-21(12-6-18)27(32)33;;;;;/h2*1-15H,(H,28,29)(H,30,31)(H,32,33);1H2;;;;. The third-order valence-corrected chi connectivity index (χ3v) is 10.7. The zero-order valence-electron chi connectivity index (χ0n) is 37.8. The summed E-state index contributed by atoms with van der Waals surface area (Å²) in [4.78, 5) is 67.2. The first kappa shape index (κ1) is 60.2. The van der Waals surface area contributed by atoms with Gasteiger partial charge < -0.3 is 36.1 Å². The van der Waals surface area contributed by atoms with Gasteiger partial charge in [-0.15, -0.1) is 0 Å². The maximum atomic E-state index is 11.2. The molecule has 13 nitrogen and oxygen atoms in total. The summed E-state index contributed by atoms with van der Waals surface area (Å²) < 4.78 is 0. The van der Waals surface area contributed by atoms with Gasteiger partial charge in [0.1, 0.15) is 0 Å². The normalized spacial score (nSPS) is 9.80. The van der Waals surface area contributed by atoms with Crippen LogP contribution in [0.4, 0.5) is 0 Å². The molecule has 0 saturated heterocycles. The first-order chi connectivity index (χ1) is 31.6. The Morgan fingerprint density at radius 3 is 0.380 bits per heavy atom. The molecule has 340 valence electrons. The topological polar surface area (TPSA) is 255 Å². The molecular formula is C54H38O13Zn4. The maximum absolute atomic E-state index is 11.2. The van der Waals surface area contributed by atoms with Crippen LogP contribution in [0.25, 0.3) is 66.8 Å². The number of benzene rings is 8. The van der Waals surface area contributed by atoms with Crippen LogP contribution < -0.4 is 0 Å². The molecule has 0 heterocycles. The Morgan fingerprint density at radius 1 is 0.197 bits per heavy atom. The summed E-state index contributed by atoms with van der Waals surface area (Å²) in [5, 5.41) is 55.0. The summed E-state index contributed by atoms with van der Waals surface area (Å²) in [6.45, 7) is 0. The minimum Gasteiger partial charge on any atom is -0.478 e. The molecule has 8 N–H and O–H groups in total. The van der Waals surface area contributed by atoms with Gasteiger partial charge in [-0.2, -0.15) is 0 Å². The van der Waals surface area contributed by atoms with E-state index in [4.69, 9.17) is 0 Å². The van der Waals surface area contributed by atoms with E-state index in [0.29, 0.717) is 0 Å². The summed E-state index contributed by atoms with van der Waals surface area (Å²) in [7, 11) is 0. The van der Waals surface area contributed by atoms with Crippen LogP contribution in [0.1, 0.15) is 62.1 Å². The van der Waals surface area contributed by atoms with E-state index >= 15 is 0 Å². The van der Waals surface area contributed by atoms with Crippen molar-refractivity contribution < 1.29 is 143 Å². The summed E-state index contributed by atoms with van der Waals surface area (Å²) in [5.74, 6) is -6.04. The van der Waals surface area contributed by atoms with Gasteiger partial charge in [0, 0.05) is 77.9 Å². The Kier molecular flexibility index (Phi) is 22.8. The molecule has 0 aliphatic rings. The van der Waals surface area contributed by atoms with Gasteiger partial charge in [0.25, 0.3) is 0 Å². The van der Waals surface area contributed by atoms with Crippen LogP contribution in [0.3, 0.4) is 0 Å². The number of carbonyl (C=O) groups is 6. The molecule has 17 heteroatoms. The largest absolute Gasteiger partial charge is 0.478 e. The Balaban J connectivity index is 0.000000455. The van der Waals surface area contributed by atoms with Gasteiger partial charge in [0.15, 0.2) is 0 Å². The first-order valence-electron chi connectivity index (χ1n) is 20.0. The second kappa shape index (κ2) is 26.9. The van der Waals surface area contributed by atoms with Crippen molar-refractivity contribution >= 4 is 35.8 Å². The van der Waals surface area contributed by atoms with Gasteiger partial charge in [0.05, 0.1) is 33.4 Å². The van der Waals surface area contributed by atoms with Crippen molar-refractivity contribution in [1.82, 2.24) is 0 Å². The van der Waals surface area contributed by atoms with Crippen molar-refractivity contribution in [2.24, 2.45) is 0 Å². The number of rotatable bonds is 12. The van der Waals surface area contributed by atoms with E-state index in [1.807, 2.05) is 36.4 Å². The summed E-state index contributed by atoms with van der Waals surface area (Å²) in [6, 6.07) is 50.8. The second-order valence-corrected chi connectivity index (χ2v) is 14.9. The smallest absolute Gasteiger partial charge is 0.335 e. The Morgan fingerprint density at radius 2 is 0.296 bits per heavy atom. The average Bonchev–Trinajstić information content (AvgIpc) is 3.34. The Bertz CT molecular complexity index is 2580. The van der Waals surface area contributed by atoms with Crippen LogP contribution in [0, 0.1) is 0 Å². The number of aromatic carboxylic acids is 6. The summed E-state index contributed by atoms with van der Waals surface area (Å²) >= 11 is 0. The molecule has 0 fully saturated rings. The zero-order valence-corrected chi connectivity index (χ0v) is 49.7. The van der Waals surface area contributed by atoms with E-state index in [1.54, 1.807) is 72.8 Å². The molecule has 0 aliphatic carbocycles. The van der Waals surface area contributed by atoms with Crippen LogP contribution in [0.15, 0.2) is 182 Å². The molecule has 0 saturated carbocycles. The molecule has 0 radical (unpaired) electrons. The fourth-order valence-electron chi connectivity index (χ4n) is 7.09. The molecule has 8 aromatic carbocycles. The molecule has 0 unspecified atom stereocenters. The molecule has 0 bridgehead atoms. The van der Waals surface area contributed by atoms with Gasteiger partial charge in [-0.3, -0.25) is 0 Å². The predicted molar refractivity (Wildman–Crippen MR) is 251 cm³/mol. The molecule has 0 aliphatic heterocycles. The molecule has 71 heavy (non-hydrogen) atoms. The second-order valence-electron chi connectivity index (χ2n) is 14.9. The van der Waals surface area contributed by atoms with E-state index in [2.05, 4.69) is 0 Å². The minimum absolute atomic E-state index is 0. The molecule has 0 atom stereocenters. The van der Waals surface area contributed by atoms with Crippen molar-refractivity contribution in [3.8, 4) is 66.8 Å². The fraction of sp³-hybridized carbons (Fsp3) is 0. The van der Waals surface area contributed by atoms with Gasteiger partial charge in [0.2, 0.25) is 0 Å². The quantitative estimate of drug-likeness (QED) is 0.0625. The van der Waals surface area contributed by atoms with Crippen LogP contribution in [0.5, 0.6) is 0 Å². The van der Waals surface area contributed by atoms with Crippen LogP contribution in [-0.2, 0) is 77.9 Å². The van der Waals surface area contributed by atoms with Gasteiger partial charge in [-0.05, 0) is 176 Å². The van der Waals surface area contributed by atoms with Gasteiger partial charge in [-0.1, -0.05) is 72.8 Å². The fourth-order valence-corrected chi connectivity index (χ4v) is 7.09. The van der Waals surface area contributed by atoms with E-state index in [-0.39, 0.29) is 117 Å². The van der Waals surface area contributed by atoms with E-state index in [9.17, 15) is 59.4 Å². The molecule has 0 spiro atoms. The van der Waals surface area contributed by atoms with E-state index in [0.717, 1.165) is 66.8 Å². The van der Waals surface area contributed by atoms with Gasteiger partial charge >= 0.3 is 35.8 Å². The van der Waals surface area contributed by atoms with Crippen LogP contribution >= 0.6 is 0 Å². The third-order valence-electron chi connectivity index (χ3n) is 10.7. The van der Waals surface area contributed by atoms with Crippen molar-refractivity contribution in [2.75, 3.05) is 0 Å². The predicted octanol–water partition coefficient (Wildman–Crippen LogP) is 10.7.